The minimum Gasteiger partial charge on any atom is -0.282 e. The standard InChI is InChI=1S/C6H4Cl2O3S.Na/c7-5-2-1-4(3-6(5)8)12(9,10)11;/h1-3H,(H,9,10,11);. The fourth-order valence-corrected chi connectivity index (χ4v) is 1.51. The van der Waals surface area contributed by atoms with Crippen LogP contribution < -0.4 is 0 Å². The van der Waals surface area contributed by atoms with Gasteiger partial charge < -0.3 is 0 Å². The summed E-state index contributed by atoms with van der Waals surface area (Å²) in [6, 6.07) is 3.55. The Morgan fingerprint density at radius 1 is 1.15 bits per heavy atom. The molecule has 0 aliphatic carbocycles. The van der Waals surface area contributed by atoms with Crippen molar-refractivity contribution in [1.82, 2.24) is 0 Å². The zero-order valence-electron chi connectivity index (χ0n) is 6.66. The van der Waals surface area contributed by atoms with Crippen molar-refractivity contribution in [2.45, 2.75) is 4.90 Å². The minimum absolute atomic E-state index is 0. The monoisotopic (exact) mass is 249 g/mol. The molecule has 67 valence electrons. The van der Waals surface area contributed by atoms with Gasteiger partial charge in [-0.15, -0.1) is 0 Å². The molecule has 1 aromatic carbocycles. The van der Waals surface area contributed by atoms with Crippen LogP contribution in [0.4, 0.5) is 0 Å². The van der Waals surface area contributed by atoms with Crippen molar-refractivity contribution in [3.05, 3.63) is 28.2 Å². The first-order valence-corrected chi connectivity index (χ1v) is 5.03. The third kappa shape index (κ3) is 3.75. The molecule has 0 heterocycles. The molecule has 13 heavy (non-hydrogen) atoms. The molecule has 0 aliphatic rings. The van der Waals surface area contributed by atoms with E-state index in [0.717, 1.165) is 6.07 Å². The Bertz CT molecular complexity index is 404. The molecule has 0 saturated carbocycles. The molecule has 0 saturated heterocycles. The molecule has 0 atom stereocenters. The molecule has 0 aromatic heterocycles. The summed E-state index contributed by atoms with van der Waals surface area (Å²) in [6.45, 7) is 0. The molecular weight excluding hydrogens is 246 g/mol. The third-order valence-corrected chi connectivity index (χ3v) is 2.78. The van der Waals surface area contributed by atoms with E-state index in [1.807, 2.05) is 0 Å². The van der Waals surface area contributed by atoms with Gasteiger partial charge >= 0.3 is 0 Å². The van der Waals surface area contributed by atoms with Gasteiger partial charge in [-0.25, -0.2) is 0 Å². The summed E-state index contributed by atoms with van der Waals surface area (Å²) in [7, 11) is -4.19. The number of hydrogen-bond acceptors (Lipinski definition) is 2. The molecule has 0 fully saturated rings. The Labute approximate surface area is 108 Å². The van der Waals surface area contributed by atoms with Crippen molar-refractivity contribution in [2.24, 2.45) is 0 Å². The predicted octanol–water partition coefficient (Wildman–Crippen LogP) is 1.86. The maximum atomic E-state index is 10.6. The van der Waals surface area contributed by atoms with Gasteiger partial charge in [-0.1, -0.05) is 23.2 Å². The quantitative estimate of drug-likeness (QED) is 0.611. The van der Waals surface area contributed by atoms with Crippen molar-refractivity contribution in [2.75, 3.05) is 0 Å². The number of halogens is 2. The van der Waals surface area contributed by atoms with Crippen molar-refractivity contribution in [3.8, 4) is 0 Å². The molecule has 1 aromatic rings. The summed E-state index contributed by atoms with van der Waals surface area (Å²) in [5.41, 5.74) is 0. The van der Waals surface area contributed by atoms with E-state index in [0.29, 0.717) is 0 Å². The summed E-state index contributed by atoms with van der Waals surface area (Å²) in [5.74, 6) is 0. The van der Waals surface area contributed by atoms with E-state index >= 15 is 0 Å². The average molecular weight is 250 g/mol. The van der Waals surface area contributed by atoms with Crippen LogP contribution in [0.5, 0.6) is 0 Å². The third-order valence-electron chi connectivity index (χ3n) is 1.19. The summed E-state index contributed by atoms with van der Waals surface area (Å²) < 4.78 is 29.7. The molecule has 1 radical (unpaired) electrons. The Morgan fingerprint density at radius 3 is 2.08 bits per heavy atom. The van der Waals surface area contributed by atoms with E-state index < -0.39 is 10.1 Å². The van der Waals surface area contributed by atoms with Gasteiger partial charge in [0.1, 0.15) is 0 Å². The molecular formula is C6H4Cl2NaO3S. The summed E-state index contributed by atoms with van der Waals surface area (Å²) in [4.78, 5) is -0.267. The zero-order chi connectivity index (χ0) is 9.35. The maximum Gasteiger partial charge on any atom is 0.294 e. The summed E-state index contributed by atoms with van der Waals surface area (Å²) >= 11 is 11.0. The molecule has 7 heteroatoms. The number of rotatable bonds is 1. The van der Waals surface area contributed by atoms with Gasteiger partial charge in [-0.2, -0.15) is 8.42 Å². The van der Waals surface area contributed by atoms with Crippen LogP contribution in [0.25, 0.3) is 0 Å². The first-order valence-electron chi connectivity index (χ1n) is 2.84. The first-order chi connectivity index (χ1) is 5.41. The molecule has 3 nitrogen and oxygen atoms in total. The van der Waals surface area contributed by atoms with Gasteiger partial charge in [0.05, 0.1) is 14.9 Å². The van der Waals surface area contributed by atoms with E-state index in [1.165, 1.54) is 12.1 Å². The van der Waals surface area contributed by atoms with E-state index in [-0.39, 0.29) is 44.5 Å². The molecule has 1 rings (SSSR count). The van der Waals surface area contributed by atoms with Crippen molar-refractivity contribution in [3.63, 3.8) is 0 Å². The normalized spacial score (nSPS) is 10.7. The Kier molecular flexibility index (Phi) is 5.25. The second-order valence-corrected chi connectivity index (χ2v) is 4.29. The van der Waals surface area contributed by atoms with E-state index in [9.17, 15) is 8.42 Å². The van der Waals surface area contributed by atoms with E-state index in [1.54, 1.807) is 0 Å². The summed E-state index contributed by atoms with van der Waals surface area (Å²) in [6.07, 6.45) is 0. The van der Waals surface area contributed by atoms with Crippen LogP contribution in [-0.2, 0) is 10.1 Å². The first kappa shape index (κ1) is 13.7. The van der Waals surface area contributed by atoms with Crippen molar-refractivity contribution >= 4 is 62.9 Å². The Morgan fingerprint density at radius 2 is 1.69 bits per heavy atom. The molecule has 0 amide bonds. The van der Waals surface area contributed by atoms with Gasteiger partial charge in [0.2, 0.25) is 0 Å². The zero-order valence-corrected chi connectivity index (χ0v) is 11.0. The van der Waals surface area contributed by atoms with E-state index in [4.69, 9.17) is 27.8 Å². The second kappa shape index (κ2) is 4.98. The van der Waals surface area contributed by atoms with E-state index in [2.05, 4.69) is 0 Å². The van der Waals surface area contributed by atoms with Gasteiger partial charge in [0.15, 0.2) is 0 Å². The van der Waals surface area contributed by atoms with Crippen LogP contribution in [0.15, 0.2) is 23.1 Å². The number of benzene rings is 1. The molecule has 0 spiro atoms. The molecule has 1 N–H and O–H groups in total. The van der Waals surface area contributed by atoms with Gasteiger partial charge in [-0.3, -0.25) is 4.55 Å². The smallest absolute Gasteiger partial charge is 0.282 e. The fraction of sp³-hybridized carbons (Fsp3) is 0. The van der Waals surface area contributed by atoms with Crippen LogP contribution in [-0.4, -0.2) is 42.5 Å². The van der Waals surface area contributed by atoms with Crippen LogP contribution >= 0.6 is 23.2 Å². The van der Waals surface area contributed by atoms with Gasteiger partial charge in [-0.05, 0) is 18.2 Å². The van der Waals surface area contributed by atoms with Crippen LogP contribution in [0.2, 0.25) is 10.0 Å². The molecule has 0 aliphatic heterocycles. The number of hydrogen-bond donors (Lipinski definition) is 1. The van der Waals surface area contributed by atoms with Crippen LogP contribution in [0.1, 0.15) is 0 Å². The summed E-state index contributed by atoms with van der Waals surface area (Å²) in [5, 5.41) is 0.329. The Hall–Kier alpha value is 0.710. The average Bonchev–Trinajstić information content (AvgIpc) is 1.92. The van der Waals surface area contributed by atoms with Crippen molar-refractivity contribution in [1.29, 1.82) is 0 Å². The minimum atomic E-state index is -4.19. The van der Waals surface area contributed by atoms with Gasteiger partial charge in [0, 0.05) is 29.6 Å². The SMILES string of the molecule is O=S(=O)(O)c1ccc(Cl)c(Cl)c1.[Na]. The molecule has 0 bridgehead atoms. The van der Waals surface area contributed by atoms with Crippen LogP contribution in [0.3, 0.4) is 0 Å². The van der Waals surface area contributed by atoms with Gasteiger partial charge in [0.25, 0.3) is 10.1 Å². The topological polar surface area (TPSA) is 54.4 Å². The van der Waals surface area contributed by atoms with Crippen molar-refractivity contribution < 1.29 is 13.0 Å². The maximum absolute atomic E-state index is 10.6. The fourth-order valence-electron chi connectivity index (χ4n) is 0.637. The van der Waals surface area contributed by atoms with Crippen LogP contribution in [0, 0.1) is 0 Å². The molecule has 0 unspecified atom stereocenters. The predicted molar refractivity (Wildman–Crippen MR) is 52.0 cm³/mol. The largest absolute Gasteiger partial charge is 0.294 e. The Balaban J connectivity index is 0.00000144. The second-order valence-electron chi connectivity index (χ2n) is 2.05.